The number of carbonyl (C=O) groups is 1. The predicted molar refractivity (Wildman–Crippen MR) is 107 cm³/mol. The van der Waals surface area contributed by atoms with E-state index in [1.807, 2.05) is 0 Å². The van der Waals surface area contributed by atoms with Crippen molar-refractivity contribution in [1.82, 2.24) is 4.31 Å². The molecule has 0 fully saturated rings. The third-order valence-corrected chi connectivity index (χ3v) is 5.71. The Morgan fingerprint density at radius 1 is 0.900 bits per heavy atom. The van der Waals surface area contributed by atoms with Gasteiger partial charge in [0.25, 0.3) is 0 Å². The quantitative estimate of drug-likeness (QED) is 0.510. The van der Waals surface area contributed by atoms with Crippen molar-refractivity contribution >= 4 is 23.7 Å². The maximum Gasteiger partial charge on any atom is 0.335 e. The number of nitrogens with zero attached hydrogens (tertiary/aromatic N) is 3. The Labute approximate surface area is 175 Å². The second-order valence-corrected chi connectivity index (χ2v) is 7.65. The van der Waals surface area contributed by atoms with Gasteiger partial charge < -0.3 is 0 Å². The van der Waals surface area contributed by atoms with Crippen LogP contribution < -0.4 is 4.90 Å². The molecule has 0 saturated heterocycles. The van der Waals surface area contributed by atoms with Gasteiger partial charge in [0.1, 0.15) is 23.5 Å². The molecule has 1 heterocycles. The van der Waals surface area contributed by atoms with Crippen molar-refractivity contribution in [3.63, 3.8) is 0 Å². The first-order chi connectivity index (χ1) is 14.5. The molecule has 0 N–H and O–H groups in total. The molecule has 0 radical (unpaired) electrons. The number of nitriles is 1. The van der Waals surface area contributed by atoms with Crippen molar-refractivity contribution in [2.45, 2.75) is 18.0 Å². The number of amides is 2. The van der Waals surface area contributed by atoms with E-state index in [9.17, 15) is 18.0 Å². The molecule has 2 amide bonds. The molecule has 4 rings (SSSR count). The van der Waals surface area contributed by atoms with Gasteiger partial charge in [-0.15, -0.1) is 0 Å². The lowest BCUT2D eigenvalue weighted by molar-refractivity contribution is 0.229. The van der Waals surface area contributed by atoms with Crippen molar-refractivity contribution in [3.05, 3.63) is 94.8 Å². The Kier molecular flexibility index (Phi) is 5.38. The topological polar surface area (TPSA) is 47.3 Å². The van der Waals surface area contributed by atoms with E-state index in [1.165, 1.54) is 39.4 Å². The summed E-state index contributed by atoms with van der Waals surface area (Å²) in [4.78, 5) is 15.2. The first-order valence-corrected chi connectivity index (χ1v) is 9.72. The van der Waals surface area contributed by atoms with Gasteiger partial charge in [0.2, 0.25) is 0 Å². The number of fused-ring (bicyclic) bond motifs is 1. The van der Waals surface area contributed by atoms with Crippen LogP contribution in [0.5, 0.6) is 0 Å². The Hall–Kier alpha value is -3.44. The number of anilines is 1. The number of para-hydroxylation sites is 1. The van der Waals surface area contributed by atoms with Crippen molar-refractivity contribution < 1.29 is 18.0 Å². The third-order valence-electron chi connectivity index (χ3n) is 4.67. The average molecular weight is 425 g/mol. The van der Waals surface area contributed by atoms with E-state index in [0.717, 1.165) is 17.0 Å². The molecule has 0 aliphatic carbocycles. The summed E-state index contributed by atoms with van der Waals surface area (Å²) in [5, 5.41) is 8.88. The van der Waals surface area contributed by atoms with E-state index in [1.54, 1.807) is 36.4 Å². The zero-order chi connectivity index (χ0) is 21.3. The lowest BCUT2D eigenvalue weighted by Gasteiger charge is -2.36. The van der Waals surface area contributed by atoms with Gasteiger partial charge in [-0.3, -0.25) is 9.21 Å². The molecule has 3 aromatic carbocycles. The average Bonchev–Trinajstić information content (AvgIpc) is 2.73. The number of halogens is 3. The summed E-state index contributed by atoms with van der Waals surface area (Å²) in [6, 6.07) is 16.0. The molecule has 0 saturated carbocycles. The van der Waals surface area contributed by atoms with E-state index in [0.29, 0.717) is 11.3 Å². The van der Waals surface area contributed by atoms with Gasteiger partial charge in [0.05, 0.1) is 29.2 Å². The summed E-state index contributed by atoms with van der Waals surface area (Å²) in [6.07, 6.45) is 0. The Morgan fingerprint density at radius 2 is 1.63 bits per heavy atom. The SMILES string of the molecule is N#Cc1ccc(CN2Sc3ccccc3N(Cc3c(F)cccc3F)C2=O)cc1F. The summed E-state index contributed by atoms with van der Waals surface area (Å²) >= 11 is 1.17. The Bertz CT molecular complexity index is 1160. The van der Waals surface area contributed by atoms with Crippen LogP contribution in [0.25, 0.3) is 0 Å². The van der Waals surface area contributed by atoms with Crippen LogP contribution in [0.1, 0.15) is 16.7 Å². The molecular formula is C22H14F3N3OS. The molecule has 0 unspecified atom stereocenters. The highest BCUT2D eigenvalue weighted by atomic mass is 32.2. The molecule has 4 nitrogen and oxygen atoms in total. The minimum Gasteiger partial charge on any atom is -0.288 e. The first kappa shape index (κ1) is 19.9. The van der Waals surface area contributed by atoms with Gasteiger partial charge in [0.15, 0.2) is 0 Å². The number of hydrogen-bond acceptors (Lipinski definition) is 3. The van der Waals surface area contributed by atoms with Crippen molar-refractivity contribution in [2.75, 3.05) is 4.90 Å². The fraction of sp³-hybridized carbons (Fsp3) is 0.0909. The second-order valence-electron chi connectivity index (χ2n) is 6.59. The summed E-state index contributed by atoms with van der Waals surface area (Å²) in [5.74, 6) is -2.14. The lowest BCUT2D eigenvalue weighted by atomic mass is 10.1. The van der Waals surface area contributed by atoms with Gasteiger partial charge in [-0.25, -0.2) is 18.0 Å². The summed E-state index contributed by atoms with van der Waals surface area (Å²) in [7, 11) is 0. The van der Waals surface area contributed by atoms with Gasteiger partial charge in [-0.2, -0.15) is 5.26 Å². The normalized spacial score (nSPS) is 13.2. The highest BCUT2D eigenvalue weighted by molar-refractivity contribution is 7.97. The number of rotatable bonds is 4. The van der Waals surface area contributed by atoms with E-state index in [-0.39, 0.29) is 24.2 Å². The monoisotopic (exact) mass is 425 g/mol. The van der Waals surface area contributed by atoms with Crippen molar-refractivity contribution in [2.24, 2.45) is 0 Å². The molecule has 150 valence electrons. The van der Waals surface area contributed by atoms with Crippen molar-refractivity contribution in [1.29, 1.82) is 5.26 Å². The second kappa shape index (κ2) is 8.13. The highest BCUT2D eigenvalue weighted by Crippen LogP contribution is 2.40. The van der Waals surface area contributed by atoms with E-state index in [2.05, 4.69) is 0 Å². The zero-order valence-electron chi connectivity index (χ0n) is 15.5. The molecular weight excluding hydrogens is 411 g/mol. The van der Waals surface area contributed by atoms with Crippen LogP contribution in [0.3, 0.4) is 0 Å². The largest absolute Gasteiger partial charge is 0.335 e. The zero-order valence-corrected chi connectivity index (χ0v) is 16.3. The maximum atomic E-state index is 14.2. The number of hydrogen-bond donors (Lipinski definition) is 0. The van der Waals surface area contributed by atoms with Gasteiger partial charge in [-0.05, 0) is 53.9 Å². The predicted octanol–water partition coefficient (Wildman–Crippen LogP) is 5.63. The number of urea groups is 1. The minimum absolute atomic E-state index is 0.0523. The molecule has 1 aliphatic heterocycles. The van der Waals surface area contributed by atoms with Crippen LogP contribution in [0.4, 0.5) is 23.7 Å². The van der Waals surface area contributed by atoms with E-state index >= 15 is 0 Å². The number of carbonyl (C=O) groups excluding carboxylic acids is 1. The molecule has 30 heavy (non-hydrogen) atoms. The Morgan fingerprint density at radius 3 is 2.33 bits per heavy atom. The Balaban J connectivity index is 1.68. The van der Waals surface area contributed by atoms with Crippen LogP contribution in [-0.4, -0.2) is 10.3 Å². The highest BCUT2D eigenvalue weighted by Gasteiger charge is 2.32. The first-order valence-electron chi connectivity index (χ1n) is 8.95. The summed E-state index contributed by atoms with van der Waals surface area (Å²) in [5.41, 5.74) is 0.733. The third kappa shape index (κ3) is 3.72. The molecule has 1 aliphatic rings. The molecule has 0 atom stereocenters. The van der Waals surface area contributed by atoms with Crippen LogP contribution in [0.2, 0.25) is 0 Å². The van der Waals surface area contributed by atoms with Crippen LogP contribution >= 0.6 is 11.9 Å². The van der Waals surface area contributed by atoms with Crippen molar-refractivity contribution in [3.8, 4) is 6.07 Å². The fourth-order valence-corrected chi connectivity index (χ4v) is 4.20. The van der Waals surface area contributed by atoms with E-state index in [4.69, 9.17) is 5.26 Å². The van der Waals surface area contributed by atoms with Crippen LogP contribution in [-0.2, 0) is 13.1 Å². The van der Waals surface area contributed by atoms with Crippen LogP contribution in [0.15, 0.2) is 65.6 Å². The van der Waals surface area contributed by atoms with E-state index < -0.39 is 23.5 Å². The summed E-state index contributed by atoms with van der Waals surface area (Å²) < 4.78 is 43.8. The van der Waals surface area contributed by atoms with Gasteiger partial charge in [0, 0.05) is 5.56 Å². The van der Waals surface area contributed by atoms with Gasteiger partial charge in [-0.1, -0.05) is 24.3 Å². The molecule has 3 aromatic rings. The van der Waals surface area contributed by atoms with Gasteiger partial charge >= 0.3 is 6.03 Å². The van der Waals surface area contributed by atoms with Crippen LogP contribution in [0, 0.1) is 28.8 Å². The standard InChI is InChI=1S/C22H14F3N3OS/c23-17-4-3-5-18(24)16(17)13-27-20-6-1-2-7-21(20)30-28(22(27)29)12-14-8-9-15(11-26)19(25)10-14/h1-10H,12-13H2. The summed E-state index contributed by atoms with van der Waals surface area (Å²) in [6.45, 7) is -0.232. The smallest absolute Gasteiger partial charge is 0.288 e. The molecule has 0 spiro atoms. The minimum atomic E-state index is -0.737. The lowest BCUT2D eigenvalue weighted by Crippen LogP contribution is -2.42. The fourth-order valence-electron chi connectivity index (χ4n) is 3.16. The molecule has 0 aromatic heterocycles. The maximum absolute atomic E-state index is 14.2. The number of benzene rings is 3. The molecule has 8 heteroatoms. The molecule has 0 bridgehead atoms.